The van der Waals surface area contributed by atoms with Crippen molar-refractivity contribution in [3.05, 3.63) is 52.6 Å². The Kier molecular flexibility index (Phi) is 6.73. The molecular weight excluding hydrogens is 491 g/mol. The molecule has 0 heterocycles. The highest BCUT2D eigenvalue weighted by molar-refractivity contribution is 6.52. The van der Waals surface area contributed by atoms with Crippen LogP contribution in [-0.2, 0) is 14.4 Å². The van der Waals surface area contributed by atoms with E-state index in [0.29, 0.717) is 0 Å². The van der Waals surface area contributed by atoms with Gasteiger partial charge in [0.15, 0.2) is 5.82 Å². The van der Waals surface area contributed by atoms with E-state index in [1.54, 1.807) is 0 Å². The maximum Gasteiger partial charge on any atom is 0.291 e. The molecule has 12 heteroatoms. The molecule has 0 bridgehead atoms. The van der Waals surface area contributed by atoms with E-state index in [0.717, 1.165) is 19.1 Å². The fraction of sp³-hybridized carbons (Fsp3) is 0.200. The minimum atomic E-state index is -1.30. The summed E-state index contributed by atoms with van der Waals surface area (Å²) in [5.74, 6) is -6.57. The number of ketones is 1. The normalized spacial score (nSPS) is 16.1. The Morgan fingerprint density at radius 1 is 1.03 bits per heavy atom. The number of nitrogens with one attached hydrogen (secondary N) is 3. The molecule has 0 radical (unpaired) electrons. The predicted octanol–water partition coefficient (Wildman–Crippen LogP) is 4.53. The molecule has 1 unspecified atom stereocenters. The van der Waals surface area contributed by atoms with E-state index in [2.05, 4.69) is 10.6 Å². The molecule has 0 spiro atoms. The van der Waals surface area contributed by atoms with Gasteiger partial charge in [-0.3, -0.25) is 19.2 Å². The zero-order chi connectivity index (χ0) is 23.8. The van der Waals surface area contributed by atoms with Gasteiger partial charge in [-0.05, 0) is 36.8 Å². The largest absolute Gasteiger partial charge is 0.326 e. The van der Waals surface area contributed by atoms with E-state index in [4.69, 9.17) is 34.8 Å². The van der Waals surface area contributed by atoms with Gasteiger partial charge in [0.05, 0.1) is 22.2 Å². The summed E-state index contributed by atoms with van der Waals surface area (Å²) in [6, 6.07) is 5.76. The molecule has 3 N–H and O–H groups in total. The number of benzene rings is 2. The minimum Gasteiger partial charge on any atom is -0.326 e. The molecular formula is C20H14Cl3F2N3O4. The number of hydrogen-bond acceptors (Lipinski definition) is 4. The van der Waals surface area contributed by atoms with Crippen LogP contribution in [0.3, 0.4) is 0 Å². The smallest absolute Gasteiger partial charge is 0.291 e. The molecule has 1 saturated carbocycles. The number of Topliss-reactive ketones (excluding diaryl/α,β-unsaturated/α-hetero) is 1. The van der Waals surface area contributed by atoms with Gasteiger partial charge >= 0.3 is 0 Å². The SMILES string of the molecule is CC(=O)C(=O)Nc1c(F)ccc(NC(=O)c2cc(NC(=O)C3CC3(Cl)Cl)ccc2Cl)c1F. The Morgan fingerprint density at radius 2 is 1.69 bits per heavy atom. The molecule has 0 aliphatic heterocycles. The number of rotatable bonds is 6. The van der Waals surface area contributed by atoms with Crippen molar-refractivity contribution < 1.29 is 28.0 Å². The highest BCUT2D eigenvalue weighted by atomic mass is 35.5. The second-order valence-corrected chi connectivity index (χ2v) is 8.90. The van der Waals surface area contributed by atoms with E-state index >= 15 is 0 Å². The van der Waals surface area contributed by atoms with Crippen LogP contribution in [0.15, 0.2) is 30.3 Å². The Bertz CT molecular complexity index is 1160. The highest BCUT2D eigenvalue weighted by Crippen LogP contribution is 2.53. The summed E-state index contributed by atoms with van der Waals surface area (Å²) in [5.41, 5.74) is -1.28. The van der Waals surface area contributed by atoms with Gasteiger partial charge in [-0.2, -0.15) is 0 Å². The molecule has 0 aromatic heterocycles. The lowest BCUT2D eigenvalue weighted by atomic mass is 10.1. The van der Waals surface area contributed by atoms with E-state index in [-0.39, 0.29) is 22.7 Å². The zero-order valence-corrected chi connectivity index (χ0v) is 18.5. The molecule has 3 amide bonds. The molecule has 3 rings (SSSR count). The van der Waals surface area contributed by atoms with Crippen LogP contribution in [0.4, 0.5) is 25.8 Å². The molecule has 1 aliphatic carbocycles. The average molecular weight is 505 g/mol. The van der Waals surface area contributed by atoms with Gasteiger partial charge in [-0.1, -0.05) is 11.6 Å². The summed E-state index contributed by atoms with van der Waals surface area (Å²) in [4.78, 5) is 47.3. The maximum absolute atomic E-state index is 14.7. The second-order valence-electron chi connectivity index (χ2n) is 6.95. The number of hydrogen-bond donors (Lipinski definition) is 3. The van der Waals surface area contributed by atoms with Gasteiger partial charge in [0.2, 0.25) is 11.7 Å². The van der Waals surface area contributed by atoms with Crippen molar-refractivity contribution in [2.24, 2.45) is 5.92 Å². The van der Waals surface area contributed by atoms with Crippen molar-refractivity contribution in [1.29, 1.82) is 0 Å². The number of carbonyl (C=O) groups excluding carboxylic acids is 4. The summed E-state index contributed by atoms with van der Waals surface area (Å²) >= 11 is 17.8. The third kappa shape index (κ3) is 5.17. The van der Waals surface area contributed by atoms with Gasteiger partial charge in [0.1, 0.15) is 15.8 Å². The summed E-state index contributed by atoms with van der Waals surface area (Å²) in [6.07, 6.45) is 0.287. The molecule has 0 saturated heterocycles. The van der Waals surface area contributed by atoms with Crippen molar-refractivity contribution in [3.63, 3.8) is 0 Å². The fourth-order valence-corrected chi connectivity index (χ4v) is 3.37. The van der Waals surface area contributed by atoms with E-state index in [1.807, 2.05) is 5.32 Å². The molecule has 32 heavy (non-hydrogen) atoms. The van der Waals surface area contributed by atoms with Gasteiger partial charge < -0.3 is 16.0 Å². The van der Waals surface area contributed by atoms with Crippen LogP contribution in [-0.4, -0.2) is 27.8 Å². The molecule has 7 nitrogen and oxygen atoms in total. The van der Waals surface area contributed by atoms with Crippen molar-refractivity contribution >= 4 is 75.4 Å². The molecule has 1 aliphatic rings. The van der Waals surface area contributed by atoms with Gasteiger partial charge in [-0.15, -0.1) is 23.2 Å². The van der Waals surface area contributed by atoms with Crippen LogP contribution in [0.2, 0.25) is 5.02 Å². The number of anilines is 3. The lowest BCUT2D eigenvalue weighted by molar-refractivity contribution is -0.133. The predicted molar refractivity (Wildman–Crippen MR) is 116 cm³/mol. The lowest BCUT2D eigenvalue weighted by Gasteiger charge is -2.13. The first kappa shape index (κ1) is 23.9. The van der Waals surface area contributed by atoms with Crippen molar-refractivity contribution in [1.82, 2.24) is 0 Å². The standard InChI is InChI=1S/C20H14Cl3F2N3O4/c1-8(29)17(30)28-16-13(24)4-5-14(15(16)25)27-18(31)10-6-9(2-3-12(10)21)26-19(32)11-7-20(11,22)23/h2-6,11H,7H2,1H3,(H,26,32)(H,27,31)(H,28,30). The zero-order valence-electron chi connectivity index (χ0n) is 16.2. The quantitative estimate of drug-likeness (QED) is 0.397. The van der Waals surface area contributed by atoms with Crippen LogP contribution >= 0.6 is 34.8 Å². The first-order valence-electron chi connectivity index (χ1n) is 9.00. The van der Waals surface area contributed by atoms with E-state index < -0.39 is 56.8 Å². The fourth-order valence-electron chi connectivity index (χ4n) is 2.66. The Labute approximate surface area is 195 Å². The summed E-state index contributed by atoms with van der Waals surface area (Å²) < 4.78 is 27.4. The van der Waals surface area contributed by atoms with Gasteiger partial charge in [-0.25, -0.2) is 8.78 Å². The first-order chi connectivity index (χ1) is 14.9. The molecule has 2 aromatic carbocycles. The van der Waals surface area contributed by atoms with E-state index in [9.17, 15) is 28.0 Å². The Balaban J connectivity index is 1.80. The summed E-state index contributed by atoms with van der Waals surface area (Å²) in [6.45, 7) is 0.925. The topological polar surface area (TPSA) is 104 Å². The monoisotopic (exact) mass is 503 g/mol. The van der Waals surface area contributed by atoms with E-state index in [1.165, 1.54) is 18.2 Å². The number of alkyl halides is 2. The number of carbonyl (C=O) groups is 4. The third-order valence-electron chi connectivity index (χ3n) is 4.52. The summed E-state index contributed by atoms with van der Waals surface area (Å²) in [5, 5.41) is 6.57. The van der Waals surface area contributed by atoms with Crippen LogP contribution in [0.25, 0.3) is 0 Å². The molecule has 1 atom stereocenters. The Morgan fingerprint density at radius 3 is 2.28 bits per heavy atom. The second kappa shape index (κ2) is 9.01. The average Bonchev–Trinajstić information content (AvgIpc) is 3.36. The first-order valence-corrected chi connectivity index (χ1v) is 10.1. The Hall–Kier alpha value is -2.75. The molecule has 168 valence electrons. The van der Waals surface area contributed by atoms with Gasteiger partial charge in [0.25, 0.3) is 11.8 Å². The number of amides is 3. The maximum atomic E-state index is 14.7. The third-order valence-corrected chi connectivity index (χ3v) is 5.68. The van der Waals surface area contributed by atoms with Crippen LogP contribution in [0, 0.1) is 17.6 Å². The minimum absolute atomic E-state index is 0.0106. The van der Waals surface area contributed by atoms with Crippen LogP contribution < -0.4 is 16.0 Å². The lowest BCUT2D eigenvalue weighted by Crippen LogP contribution is -2.22. The van der Waals surface area contributed by atoms with Gasteiger partial charge in [0, 0.05) is 12.6 Å². The van der Waals surface area contributed by atoms with Crippen molar-refractivity contribution in [3.8, 4) is 0 Å². The summed E-state index contributed by atoms with van der Waals surface area (Å²) in [7, 11) is 0. The van der Waals surface area contributed by atoms with Crippen molar-refractivity contribution in [2.45, 2.75) is 17.7 Å². The number of halogens is 5. The molecule has 1 fully saturated rings. The van der Waals surface area contributed by atoms with Crippen LogP contribution in [0.1, 0.15) is 23.7 Å². The molecule has 2 aromatic rings. The van der Waals surface area contributed by atoms with Crippen molar-refractivity contribution in [2.75, 3.05) is 16.0 Å². The highest BCUT2D eigenvalue weighted by Gasteiger charge is 2.56. The van der Waals surface area contributed by atoms with Crippen LogP contribution in [0.5, 0.6) is 0 Å².